The molecular formula is C56H109NO3. The molecule has 356 valence electrons. The Hall–Kier alpha value is -1.13. The normalized spacial score (nSPS) is 12.9. The predicted octanol–water partition coefficient (Wildman–Crippen LogP) is 17.9. The molecular weight excluding hydrogens is 735 g/mol. The minimum atomic E-state index is -0.859. The Balaban J connectivity index is 3.50. The van der Waals surface area contributed by atoms with E-state index in [9.17, 15) is 15.0 Å². The van der Waals surface area contributed by atoms with Crippen molar-refractivity contribution in [1.82, 2.24) is 5.32 Å². The van der Waals surface area contributed by atoms with Crippen molar-refractivity contribution in [2.45, 2.75) is 321 Å². The maximum Gasteiger partial charge on any atom is 0.220 e. The monoisotopic (exact) mass is 844 g/mol. The second-order valence-electron chi connectivity index (χ2n) is 19.0. The molecule has 0 fully saturated rings. The van der Waals surface area contributed by atoms with Crippen LogP contribution >= 0.6 is 0 Å². The van der Waals surface area contributed by atoms with Gasteiger partial charge >= 0.3 is 0 Å². The summed E-state index contributed by atoms with van der Waals surface area (Å²) < 4.78 is 0. The summed E-state index contributed by atoms with van der Waals surface area (Å²) in [5, 5.41) is 23.1. The van der Waals surface area contributed by atoms with Crippen LogP contribution < -0.4 is 5.32 Å². The van der Waals surface area contributed by atoms with Crippen molar-refractivity contribution >= 4 is 5.91 Å². The summed E-state index contributed by atoms with van der Waals surface area (Å²) >= 11 is 0. The molecule has 0 aliphatic rings. The Morgan fingerprint density at radius 3 is 0.967 bits per heavy atom. The lowest BCUT2D eigenvalue weighted by Crippen LogP contribution is -2.45. The summed E-state index contributed by atoms with van der Waals surface area (Å²) in [4.78, 5) is 12.5. The molecule has 0 saturated heterocycles. The van der Waals surface area contributed by atoms with Crippen molar-refractivity contribution in [1.29, 1.82) is 0 Å². The highest BCUT2D eigenvalue weighted by molar-refractivity contribution is 5.76. The Morgan fingerprint density at radius 2 is 0.650 bits per heavy atom. The maximum atomic E-state index is 12.5. The van der Waals surface area contributed by atoms with Crippen LogP contribution in [0.25, 0.3) is 0 Å². The molecule has 0 bridgehead atoms. The molecule has 0 spiro atoms. The number of rotatable bonds is 51. The topological polar surface area (TPSA) is 69.6 Å². The van der Waals surface area contributed by atoms with Gasteiger partial charge in [0.25, 0.3) is 0 Å². The van der Waals surface area contributed by atoms with Gasteiger partial charge in [-0.05, 0) is 32.1 Å². The molecule has 60 heavy (non-hydrogen) atoms. The van der Waals surface area contributed by atoms with Crippen LogP contribution in [0.3, 0.4) is 0 Å². The summed E-state index contributed by atoms with van der Waals surface area (Å²) in [6, 6.07) is -0.636. The second kappa shape index (κ2) is 52.2. The molecule has 2 unspecified atom stereocenters. The number of unbranched alkanes of at least 4 members (excludes halogenated alkanes) is 42. The number of hydrogen-bond donors (Lipinski definition) is 3. The van der Waals surface area contributed by atoms with E-state index in [1.165, 1.54) is 257 Å². The molecule has 2 atom stereocenters. The Kier molecular flexibility index (Phi) is 51.2. The average molecular weight is 844 g/mol. The zero-order chi connectivity index (χ0) is 43.5. The Morgan fingerprint density at radius 1 is 0.383 bits per heavy atom. The van der Waals surface area contributed by atoms with Gasteiger partial charge in [-0.3, -0.25) is 4.79 Å². The average Bonchev–Trinajstić information content (AvgIpc) is 3.25. The lowest BCUT2D eigenvalue weighted by atomic mass is 10.0. The van der Waals surface area contributed by atoms with Gasteiger partial charge in [0, 0.05) is 6.42 Å². The van der Waals surface area contributed by atoms with Gasteiger partial charge in [-0.1, -0.05) is 295 Å². The smallest absolute Gasteiger partial charge is 0.220 e. The zero-order valence-electron chi connectivity index (χ0n) is 41.0. The molecule has 0 rings (SSSR count). The number of amides is 1. The minimum absolute atomic E-state index is 0.0670. The van der Waals surface area contributed by atoms with E-state index in [1.54, 1.807) is 6.08 Å². The van der Waals surface area contributed by atoms with E-state index >= 15 is 0 Å². The first-order chi connectivity index (χ1) is 29.7. The van der Waals surface area contributed by atoms with Gasteiger partial charge in [0.2, 0.25) is 5.91 Å². The first kappa shape index (κ1) is 58.9. The van der Waals surface area contributed by atoms with E-state index in [2.05, 4.69) is 31.3 Å². The van der Waals surface area contributed by atoms with E-state index < -0.39 is 12.1 Å². The lowest BCUT2D eigenvalue weighted by molar-refractivity contribution is -0.123. The molecule has 0 radical (unpaired) electrons. The van der Waals surface area contributed by atoms with Crippen molar-refractivity contribution in [2.75, 3.05) is 6.61 Å². The standard InChI is InChI=1S/C56H109NO3/c1-3-5-7-9-11-13-15-17-19-21-23-25-27-28-29-30-31-33-35-37-39-41-43-45-47-49-51-55(59)54(53-58)57-56(60)52-50-48-46-44-42-40-38-36-34-32-26-24-22-20-18-16-14-12-10-8-6-4-2/h41,43,49,51,54-55,58-59H,3-40,42,44-48,50,52-53H2,1-2H3,(H,57,60)/b43-41+,51-49+. The van der Waals surface area contributed by atoms with Crippen LogP contribution in [0.15, 0.2) is 24.3 Å². The SMILES string of the molecule is CCCCCCCCCCCCCCCCCCCCCC/C=C/CC/C=C/C(O)C(CO)NC(=O)CCCCCCCCCCCCCCCCCCCCCCCC. The third-order valence-corrected chi connectivity index (χ3v) is 12.9. The highest BCUT2D eigenvalue weighted by Crippen LogP contribution is 2.17. The number of carbonyl (C=O) groups excluding carboxylic acids is 1. The third kappa shape index (κ3) is 47.9. The van der Waals surface area contributed by atoms with Crippen LogP contribution in [0.2, 0.25) is 0 Å². The molecule has 0 aromatic heterocycles. The van der Waals surface area contributed by atoms with Gasteiger partial charge in [-0.15, -0.1) is 0 Å². The van der Waals surface area contributed by atoms with Crippen LogP contribution in [0.4, 0.5) is 0 Å². The van der Waals surface area contributed by atoms with Gasteiger partial charge in [0.05, 0.1) is 18.8 Å². The number of aliphatic hydroxyl groups excluding tert-OH is 2. The van der Waals surface area contributed by atoms with Crippen molar-refractivity contribution < 1.29 is 15.0 Å². The lowest BCUT2D eigenvalue weighted by Gasteiger charge is -2.19. The van der Waals surface area contributed by atoms with Crippen molar-refractivity contribution in [2.24, 2.45) is 0 Å². The van der Waals surface area contributed by atoms with Gasteiger partial charge < -0.3 is 15.5 Å². The van der Waals surface area contributed by atoms with Gasteiger partial charge in [0.1, 0.15) is 0 Å². The number of nitrogens with one attached hydrogen (secondary N) is 1. The van der Waals surface area contributed by atoms with Crippen molar-refractivity contribution in [3.63, 3.8) is 0 Å². The quantitative estimate of drug-likeness (QED) is 0.0422. The molecule has 0 aromatic carbocycles. The fourth-order valence-corrected chi connectivity index (χ4v) is 8.73. The summed E-state index contributed by atoms with van der Waals surface area (Å²) in [6.07, 6.45) is 69.1. The zero-order valence-corrected chi connectivity index (χ0v) is 41.0. The highest BCUT2D eigenvalue weighted by atomic mass is 16.3. The van der Waals surface area contributed by atoms with E-state index in [1.807, 2.05) is 6.08 Å². The number of allylic oxidation sites excluding steroid dienone is 3. The first-order valence-electron chi connectivity index (χ1n) is 27.6. The predicted molar refractivity (Wildman–Crippen MR) is 267 cm³/mol. The number of hydrogen-bond acceptors (Lipinski definition) is 3. The minimum Gasteiger partial charge on any atom is -0.394 e. The molecule has 0 aliphatic carbocycles. The molecule has 0 aliphatic heterocycles. The third-order valence-electron chi connectivity index (χ3n) is 12.9. The van der Waals surface area contributed by atoms with Crippen LogP contribution in [0, 0.1) is 0 Å². The van der Waals surface area contributed by atoms with E-state index in [0.717, 1.165) is 32.1 Å². The fourth-order valence-electron chi connectivity index (χ4n) is 8.73. The molecule has 0 heterocycles. The Labute approximate surface area is 377 Å². The van der Waals surface area contributed by atoms with E-state index in [4.69, 9.17) is 0 Å². The molecule has 4 nitrogen and oxygen atoms in total. The summed E-state index contributed by atoms with van der Waals surface area (Å²) in [6.45, 7) is 4.34. The summed E-state index contributed by atoms with van der Waals surface area (Å²) in [7, 11) is 0. The second-order valence-corrected chi connectivity index (χ2v) is 19.0. The van der Waals surface area contributed by atoms with Crippen molar-refractivity contribution in [3.05, 3.63) is 24.3 Å². The molecule has 0 aromatic rings. The maximum absolute atomic E-state index is 12.5. The van der Waals surface area contributed by atoms with Crippen molar-refractivity contribution in [3.8, 4) is 0 Å². The summed E-state index contributed by atoms with van der Waals surface area (Å²) in [5.74, 6) is -0.0670. The molecule has 1 amide bonds. The van der Waals surface area contributed by atoms with Crippen LogP contribution in [-0.4, -0.2) is 34.9 Å². The summed E-state index contributed by atoms with van der Waals surface area (Å²) in [5.41, 5.74) is 0. The fraction of sp³-hybridized carbons (Fsp3) is 0.911. The Bertz CT molecular complexity index is 871. The van der Waals surface area contributed by atoms with Gasteiger partial charge in [0.15, 0.2) is 0 Å². The molecule has 4 heteroatoms. The van der Waals surface area contributed by atoms with Gasteiger partial charge in [-0.25, -0.2) is 0 Å². The molecule has 0 saturated carbocycles. The van der Waals surface area contributed by atoms with Crippen LogP contribution in [-0.2, 0) is 4.79 Å². The number of aliphatic hydroxyl groups is 2. The first-order valence-corrected chi connectivity index (χ1v) is 27.6. The highest BCUT2D eigenvalue weighted by Gasteiger charge is 2.18. The van der Waals surface area contributed by atoms with Gasteiger partial charge in [-0.2, -0.15) is 0 Å². The number of carbonyl (C=O) groups is 1. The molecule has 3 N–H and O–H groups in total. The van der Waals surface area contributed by atoms with Crippen LogP contribution in [0.1, 0.15) is 309 Å². The largest absolute Gasteiger partial charge is 0.394 e. The van der Waals surface area contributed by atoms with Crippen LogP contribution in [0.5, 0.6) is 0 Å². The van der Waals surface area contributed by atoms with E-state index in [0.29, 0.717) is 6.42 Å². The van der Waals surface area contributed by atoms with E-state index in [-0.39, 0.29) is 12.5 Å².